The van der Waals surface area contributed by atoms with Gasteiger partial charge < -0.3 is 10.6 Å². The highest BCUT2D eigenvalue weighted by molar-refractivity contribution is 7.88. The molecule has 3 N–H and O–H groups in total. The molecule has 0 spiro atoms. The van der Waals surface area contributed by atoms with Gasteiger partial charge in [0.15, 0.2) is 5.96 Å². The Kier molecular flexibility index (Phi) is 6.64. The molecule has 7 heteroatoms. The fourth-order valence-corrected chi connectivity index (χ4v) is 4.49. The summed E-state index contributed by atoms with van der Waals surface area (Å²) in [5.41, 5.74) is 5.04. The number of hydrogen-bond donors (Lipinski definition) is 3. The van der Waals surface area contributed by atoms with Gasteiger partial charge >= 0.3 is 0 Å². The molecule has 160 valence electrons. The van der Waals surface area contributed by atoms with Gasteiger partial charge in [-0.3, -0.25) is 4.99 Å². The van der Waals surface area contributed by atoms with E-state index in [1.807, 2.05) is 66.7 Å². The van der Waals surface area contributed by atoms with Crippen molar-refractivity contribution < 1.29 is 8.42 Å². The van der Waals surface area contributed by atoms with Crippen LogP contribution < -0.4 is 15.4 Å². The van der Waals surface area contributed by atoms with E-state index in [4.69, 9.17) is 0 Å². The first-order chi connectivity index (χ1) is 15.1. The van der Waals surface area contributed by atoms with E-state index in [1.165, 1.54) is 5.56 Å². The molecule has 1 aliphatic rings. The molecule has 31 heavy (non-hydrogen) atoms. The van der Waals surface area contributed by atoms with Crippen LogP contribution in [0.1, 0.15) is 22.3 Å². The summed E-state index contributed by atoms with van der Waals surface area (Å²) in [5, 5.41) is 6.45. The predicted octanol–water partition coefficient (Wildman–Crippen LogP) is 3.27. The average molecular weight is 435 g/mol. The summed E-state index contributed by atoms with van der Waals surface area (Å²) in [6.07, 6.45) is 0.790. The molecule has 0 aromatic heterocycles. The van der Waals surface area contributed by atoms with Crippen LogP contribution in [-0.2, 0) is 28.7 Å². The summed E-state index contributed by atoms with van der Waals surface area (Å²) in [7, 11) is -3.39. The Bertz CT molecular complexity index is 1130. The number of sulfonamides is 1. The minimum absolute atomic E-state index is 0.0294. The van der Waals surface area contributed by atoms with Crippen molar-refractivity contribution in [2.45, 2.75) is 18.7 Å². The normalized spacial score (nSPS) is 13.5. The maximum Gasteiger partial charge on any atom is 0.216 e. The lowest BCUT2D eigenvalue weighted by Crippen LogP contribution is -2.26. The largest absolute Gasteiger partial charge is 0.354 e. The third-order valence-electron chi connectivity index (χ3n) is 5.02. The second kappa shape index (κ2) is 9.76. The van der Waals surface area contributed by atoms with Gasteiger partial charge in [-0.15, -0.1) is 0 Å². The quantitative estimate of drug-likeness (QED) is 0.508. The van der Waals surface area contributed by atoms with Crippen molar-refractivity contribution >= 4 is 21.7 Å². The highest BCUT2D eigenvalue weighted by Gasteiger charge is 2.11. The average Bonchev–Trinajstić information content (AvgIpc) is 3.29. The molecule has 4 rings (SSSR count). The fraction of sp³-hybridized carbons (Fsp3) is 0.208. The van der Waals surface area contributed by atoms with Crippen LogP contribution in [0, 0.1) is 0 Å². The van der Waals surface area contributed by atoms with Crippen molar-refractivity contribution in [1.29, 1.82) is 0 Å². The van der Waals surface area contributed by atoms with Gasteiger partial charge in [0.2, 0.25) is 10.0 Å². The number of nitrogens with zero attached hydrogens (tertiary/aromatic N) is 1. The van der Waals surface area contributed by atoms with E-state index >= 15 is 0 Å². The summed E-state index contributed by atoms with van der Waals surface area (Å²) in [6, 6.07) is 25.5. The molecule has 1 aliphatic heterocycles. The third-order valence-corrected chi connectivity index (χ3v) is 6.32. The zero-order valence-corrected chi connectivity index (χ0v) is 18.0. The maximum atomic E-state index is 12.4. The molecule has 0 saturated heterocycles. The number of aliphatic imine (C=N–C) groups is 1. The molecule has 0 fully saturated rings. The molecule has 0 saturated carbocycles. The molecule has 0 amide bonds. The van der Waals surface area contributed by atoms with Crippen LogP contribution in [0.15, 0.2) is 83.9 Å². The highest BCUT2D eigenvalue weighted by Crippen LogP contribution is 2.15. The summed E-state index contributed by atoms with van der Waals surface area (Å²) >= 11 is 0. The molecule has 0 aliphatic carbocycles. The summed E-state index contributed by atoms with van der Waals surface area (Å²) < 4.78 is 27.4. The van der Waals surface area contributed by atoms with Crippen molar-refractivity contribution in [1.82, 2.24) is 10.0 Å². The second-order valence-electron chi connectivity index (χ2n) is 7.54. The number of benzene rings is 3. The first kappa shape index (κ1) is 21.1. The number of hydrogen-bond acceptors (Lipinski definition) is 5. The van der Waals surface area contributed by atoms with E-state index in [0.29, 0.717) is 6.54 Å². The van der Waals surface area contributed by atoms with Crippen molar-refractivity contribution in [2.24, 2.45) is 4.99 Å². The van der Waals surface area contributed by atoms with Gasteiger partial charge in [-0.25, -0.2) is 13.1 Å². The topological polar surface area (TPSA) is 82.6 Å². The minimum Gasteiger partial charge on any atom is -0.354 e. The van der Waals surface area contributed by atoms with Crippen LogP contribution in [0.25, 0.3) is 0 Å². The second-order valence-corrected chi connectivity index (χ2v) is 9.34. The van der Waals surface area contributed by atoms with Crippen LogP contribution in [0.5, 0.6) is 0 Å². The Labute approximate surface area is 183 Å². The molecule has 0 unspecified atom stereocenters. The molecular weight excluding hydrogens is 408 g/mol. The Morgan fingerprint density at radius 1 is 0.806 bits per heavy atom. The van der Waals surface area contributed by atoms with Gasteiger partial charge in [0.1, 0.15) is 0 Å². The van der Waals surface area contributed by atoms with Gasteiger partial charge in [0, 0.05) is 18.8 Å². The molecule has 6 nitrogen and oxygen atoms in total. The van der Waals surface area contributed by atoms with Crippen LogP contribution in [0.2, 0.25) is 0 Å². The molecule has 0 bridgehead atoms. The van der Waals surface area contributed by atoms with E-state index in [1.54, 1.807) is 0 Å². The van der Waals surface area contributed by atoms with Gasteiger partial charge in [-0.2, -0.15) is 0 Å². The van der Waals surface area contributed by atoms with Crippen molar-refractivity contribution in [3.8, 4) is 0 Å². The molecule has 1 heterocycles. The van der Waals surface area contributed by atoms with Crippen molar-refractivity contribution in [3.63, 3.8) is 0 Å². The molecule has 3 aromatic rings. The number of guanidine groups is 1. The lowest BCUT2D eigenvalue weighted by atomic mass is 10.0. The molecular formula is C24H26N4O2S. The van der Waals surface area contributed by atoms with E-state index in [2.05, 4.69) is 32.5 Å². The van der Waals surface area contributed by atoms with Crippen LogP contribution >= 0.6 is 0 Å². The van der Waals surface area contributed by atoms with Crippen LogP contribution in [-0.4, -0.2) is 27.5 Å². The summed E-state index contributed by atoms with van der Waals surface area (Å²) in [5.74, 6) is 0.787. The monoisotopic (exact) mass is 434 g/mol. The zero-order valence-electron chi connectivity index (χ0n) is 17.2. The Morgan fingerprint density at radius 3 is 2.10 bits per heavy atom. The summed E-state index contributed by atoms with van der Waals surface area (Å²) in [6.45, 7) is 1.98. The van der Waals surface area contributed by atoms with Gasteiger partial charge in [-0.05, 0) is 40.8 Å². The third kappa shape index (κ3) is 6.41. The smallest absolute Gasteiger partial charge is 0.216 e. The SMILES string of the molecule is O=S(=O)(Cc1ccc(Cc2ccc(NC3=NCCN3)cc2)cc1)NCc1ccccc1. The van der Waals surface area contributed by atoms with E-state index in [-0.39, 0.29) is 5.75 Å². The molecule has 0 radical (unpaired) electrons. The number of nitrogens with one attached hydrogen (secondary N) is 3. The van der Waals surface area contributed by atoms with Crippen molar-refractivity contribution in [3.05, 3.63) is 101 Å². The lowest BCUT2D eigenvalue weighted by Gasteiger charge is -2.09. The first-order valence-corrected chi connectivity index (χ1v) is 11.9. The Hall–Kier alpha value is -3.16. The zero-order chi connectivity index (χ0) is 21.5. The highest BCUT2D eigenvalue weighted by atomic mass is 32.2. The van der Waals surface area contributed by atoms with Crippen LogP contribution in [0.3, 0.4) is 0 Å². The Morgan fingerprint density at radius 2 is 1.45 bits per heavy atom. The first-order valence-electron chi connectivity index (χ1n) is 10.3. The standard InChI is InChI=1S/C24H26N4O2S/c29-31(30,27-17-21-4-2-1-3-5-21)18-22-8-6-19(7-9-22)16-20-10-12-23(13-11-20)28-24-25-14-15-26-24/h1-13,27H,14-18H2,(H2,25,26,28). The number of anilines is 1. The van der Waals surface area contributed by atoms with Gasteiger partial charge in [0.05, 0.1) is 12.3 Å². The Balaban J connectivity index is 1.30. The molecule has 3 aromatic carbocycles. The maximum absolute atomic E-state index is 12.4. The van der Waals surface area contributed by atoms with Crippen molar-refractivity contribution in [2.75, 3.05) is 18.4 Å². The lowest BCUT2D eigenvalue weighted by molar-refractivity contribution is 0.580. The minimum atomic E-state index is -3.39. The fourth-order valence-electron chi connectivity index (χ4n) is 3.37. The van der Waals surface area contributed by atoms with Gasteiger partial charge in [-0.1, -0.05) is 66.7 Å². The van der Waals surface area contributed by atoms with Crippen LogP contribution in [0.4, 0.5) is 5.69 Å². The predicted molar refractivity (Wildman–Crippen MR) is 126 cm³/mol. The number of rotatable bonds is 8. The van der Waals surface area contributed by atoms with Gasteiger partial charge in [0.25, 0.3) is 0 Å². The van der Waals surface area contributed by atoms with E-state index < -0.39 is 10.0 Å². The molecule has 0 atom stereocenters. The summed E-state index contributed by atoms with van der Waals surface area (Å²) in [4.78, 5) is 4.33. The van der Waals surface area contributed by atoms with E-state index in [0.717, 1.165) is 47.8 Å². The van der Waals surface area contributed by atoms with E-state index in [9.17, 15) is 8.42 Å².